The molecule has 0 aliphatic rings. The minimum atomic E-state index is -2.61. The maximum Gasteiger partial charge on any atom is 0.500 e. The Balaban J connectivity index is 4.21. The lowest BCUT2D eigenvalue weighted by Crippen LogP contribution is -2.46. The van der Waals surface area contributed by atoms with Crippen LogP contribution in [0.1, 0.15) is 48.0 Å². The van der Waals surface area contributed by atoms with E-state index in [2.05, 4.69) is 5.32 Å². The third-order valence-electron chi connectivity index (χ3n) is 2.42. The standard InChI is InChI=1S/C14H31NO5Si/c1-7-17-21(18-8-2,19-9-3)12-10-11-15-13(16)20-14(4,5)6/h7-12H2,1-6H3,(H,15,16). The Morgan fingerprint density at radius 2 is 1.48 bits per heavy atom. The zero-order valence-electron chi connectivity index (χ0n) is 14.3. The molecule has 0 aliphatic heterocycles. The summed E-state index contributed by atoms with van der Waals surface area (Å²) in [6, 6.07) is 0.679. The summed E-state index contributed by atoms with van der Waals surface area (Å²) < 4.78 is 22.4. The van der Waals surface area contributed by atoms with Gasteiger partial charge in [-0.2, -0.15) is 0 Å². The average Bonchev–Trinajstić information content (AvgIpc) is 2.33. The Hall–Kier alpha value is -0.633. The summed E-state index contributed by atoms with van der Waals surface area (Å²) in [5.74, 6) is 0. The summed E-state index contributed by atoms with van der Waals surface area (Å²) in [5, 5.41) is 2.73. The minimum absolute atomic E-state index is 0.404. The topological polar surface area (TPSA) is 66.0 Å². The fraction of sp³-hybridized carbons (Fsp3) is 0.929. The van der Waals surface area contributed by atoms with E-state index in [9.17, 15) is 4.79 Å². The molecule has 6 nitrogen and oxygen atoms in total. The second-order valence-electron chi connectivity index (χ2n) is 5.51. The van der Waals surface area contributed by atoms with E-state index in [0.717, 1.165) is 6.42 Å². The Labute approximate surface area is 129 Å². The Morgan fingerprint density at radius 3 is 1.86 bits per heavy atom. The van der Waals surface area contributed by atoms with Crippen LogP contribution in [0.5, 0.6) is 0 Å². The smallest absolute Gasteiger partial charge is 0.444 e. The van der Waals surface area contributed by atoms with Gasteiger partial charge in [0.25, 0.3) is 0 Å². The van der Waals surface area contributed by atoms with E-state index < -0.39 is 20.5 Å². The second kappa shape index (κ2) is 10.2. The molecule has 0 unspecified atom stereocenters. The van der Waals surface area contributed by atoms with Crippen molar-refractivity contribution < 1.29 is 22.8 Å². The fourth-order valence-electron chi connectivity index (χ4n) is 1.81. The monoisotopic (exact) mass is 321 g/mol. The second-order valence-corrected chi connectivity index (χ2v) is 8.25. The molecule has 0 aromatic carbocycles. The number of rotatable bonds is 10. The van der Waals surface area contributed by atoms with Gasteiger partial charge in [-0.25, -0.2) is 4.79 Å². The van der Waals surface area contributed by atoms with Crippen LogP contribution >= 0.6 is 0 Å². The number of ether oxygens (including phenoxy) is 1. The molecular weight excluding hydrogens is 290 g/mol. The van der Waals surface area contributed by atoms with Crippen LogP contribution in [0.3, 0.4) is 0 Å². The SMILES string of the molecule is CCO[Si](CCCNC(=O)OC(C)(C)C)(OCC)OCC. The third-order valence-corrected chi connectivity index (χ3v) is 5.57. The van der Waals surface area contributed by atoms with Crippen molar-refractivity contribution in [3.8, 4) is 0 Å². The number of carbonyl (C=O) groups is 1. The summed E-state index contributed by atoms with van der Waals surface area (Å²) in [5.41, 5.74) is -0.482. The Kier molecular flexibility index (Phi) is 9.85. The Bertz CT molecular complexity index is 277. The van der Waals surface area contributed by atoms with E-state index in [1.54, 1.807) is 0 Å². The summed E-state index contributed by atoms with van der Waals surface area (Å²) in [7, 11) is -2.61. The summed E-state index contributed by atoms with van der Waals surface area (Å²) in [4.78, 5) is 11.5. The van der Waals surface area contributed by atoms with Crippen LogP contribution in [0.15, 0.2) is 0 Å². The first-order chi connectivity index (χ1) is 9.78. The van der Waals surface area contributed by atoms with Crippen molar-refractivity contribution in [1.29, 1.82) is 0 Å². The zero-order valence-corrected chi connectivity index (χ0v) is 15.3. The van der Waals surface area contributed by atoms with Gasteiger partial charge in [0.2, 0.25) is 0 Å². The van der Waals surface area contributed by atoms with Crippen molar-refractivity contribution in [2.24, 2.45) is 0 Å². The van der Waals surface area contributed by atoms with Crippen molar-refractivity contribution in [3.63, 3.8) is 0 Å². The molecule has 21 heavy (non-hydrogen) atoms. The van der Waals surface area contributed by atoms with E-state index in [1.807, 2.05) is 41.5 Å². The van der Waals surface area contributed by atoms with Crippen molar-refractivity contribution in [2.45, 2.75) is 59.6 Å². The molecule has 0 rings (SSSR count). The number of carbonyl (C=O) groups excluding carboxylic acids is 1. The number of alkyl carbamates (subject to hydrolysis) is 1. The van der Waals surface area contributed by atoms with Gasteiger partial charge in [-0.15, -0.1) is 0 Å². The molecule has 1 N–H and O–H groups in total. The van der Waals surface area contributed by atoms with Crippen LogP contribution in [-0.4, -0.2) is 46.9 Å². The van der Waals surface area contributed by atoms with Gasteiger partial charge in [0.05, 0.1) is 0 Å². The van der Waals surface area contributed by atoms with Gasteiger partial charge >= 0.3 is 14.9 Å². The fourth-order valence-corrected chi connectivity index (χ4v) is 4.42. The molecule has 0 aliphatic carbocycles. The summed E-state index contributed by atoms with van der Waals surface area (Å²) >= 11 is 0. The van der Waals surface area contributed by atoms with Crippen LogP contribution in [0.2, 0.25) is 6.04 Å². The number of hydrogen-bond donors (Lipinski definition) is 1. The third kappa shape index (κ3) is 9.84. The predicted molar refractivity (Wildman–Crippen MR) is 84.3 cm³/mol. The molecular formula is C14H31NO5Si. The molecule has 0 aromatic heterocycles. The highest BCUT2D eigenvalue weighted by Gasteiger charge is 2.39. The molecule has 0 atom stereocenters. The lowest BCUT2D eigenvalue weighted by molar-refractivity contribution is 0.0519. The van der Waals surface area contributed by atoms with Crippen molar-refractivity contribution >= 4 is 14.9 Å². The largest absolute Gasteiger partial charge is 0.500 e. The molecule has 0 aromatic rings. The van der Waals surface area contributed by atoms with Gasteiger partial charge in [0.1, 0.15) is 5.60 Å². The molecule has 0 heterocycles. The normalized spacial score (nSPS) is 12.3. The van der Waals surface area contributed by atoms with Crippen LogP contribution in [0.4, 0.5) is 4.79 Å². The number of amides is 1. The highest BCUT2D eigenvalue weighted by Crippen LogP contribution is 2.17. The molecule has 0 radical (unpaired) electrons. The first-order valence-corrected chi connectivity index (χ1v) is 9.60. The number of hydrogen-bond acceptors (Lipinski definition) is 5. The van der Waals surface area contributed by atoms with E-state index >= 15 is 0 Å². The summed E-state index contributed by atoms with van der Waals surface area (Å²) in [6.45, 7) is 13.5. The van der Waals surface area contributed by atoms with Gasteiger partial charge in [-0.05, 0) is 48.0 Å². The number of nitrogens with one attached hydrogen (secondary N) is 1. The van der Waals surface area contributed by atoms with Gasteiger partial charge in [0.15, 0.2) is 0 Å². The zero-order chi connectivity index (χ0) is 16.4. The summed E-state index contributed by atoms with van der Waals surface area (Å²) in [6.07, 6.45) is 0.324. The lowest BCUT2D eigenvalue weighted by atomic mass is 10.2. The molecule has 1 amide bonds. The van der Waals surface area contributed by atoms with Crippen LogP contribution in [0.25, 0.3) is 0 Å². The van der Waals surface area contributed by atoms with E-state index in [-0.39, 0.29) is 0 Å². The maximum atomic E-state index is 11.5. The average molecular weight is 321 g/mol. The minimum Gasteiger partial charge on any atom is -0.444 e. The predicted octanol–water partition coefficient (Wildman–Crippen LogP) is 2.95. The van der Waals surface area contributed by atoms with Crippen molar-refractivity contribution in [3.05, 3.63) is 0 Å². The first-order valence-electron chi connectivity index (χ1n) is 7.67. The van der Waals surface area contributed by atoms with E-state index in [4.69, 9.17) is 18.0 Å². The van der Waals surface area contributed by atoms with Crippen molar-refractivity contribution in [1.82, 2.24) is 5.32 Å². The quantitative estimate of drug-likeness (QED) is 0.495. The molecule has 126 valence electrons. The maximum absolute atomic E-state index is 11.5. The molecule has 0 fully saturated rings. The van der Waals surface area contributed by atoms with Crippen LogP contribution in [0, 0.1) is 0 Å². The molecule has 0 saturated carbocycles. The van der Waals surface area contributed by atoms with Crippen molar-refractivity contribution in [2.75, 3.05) is 26.4 Å². The van der Waals surface area contributed by atoms with E-state index in [1.165, 1.54) is 0 Å². The van der Waals surface area contributed by atoms with E-state index in [0.29, 0.717) is 32.4 Å². The van der Waals surface area contributed by atoms with Crippen LogP contribution in [-0.2, 0) is 18.0 Å². The van der Waals surface area contributed by atoms with Crippen LogP contribution < -0.4 is 5.32 Å². The molecule has 0 spiro atoms. The van der Waals surface area contributed by atoms with Gasteiger partial charge in [0, 0.05) is 32.4 Å². The van der Waals surface area contributed by atoms with Gasteiger partial charge in [-0.3, -0.25) is 0 Å². The highest BCUT2D eigenvalue weighted by atomic mass is 28.4. The van der Waals surface area contributed by atoms with Gasteiger partial charge < -0.3 is 23.3 Å². The highest BCUT2D eigenvalue weighted by molar-refractivity contribution is 6.60. The Morgan fingerprint density at radius 1 is 1.00 bits per heavy atom. The van der Waals surface area contributed by atoms with Gasteiger partial charge in [-0.1, -0.05) is 0 Å². The lowest BCUT2D eigenvalue weighted by Gasteiger charge is -2.28. The molecule has 0 bridgehead atoms. The molecule has 0 saturated heterocycles. The first kappa shape index (κ1) is 20.4. The molecule has 7 heteroatoms.